The van der Waals surface area contributed by atoms with Gasteiger partial charge in [0.15, 0.2) is 0 Å². The van der Waals surface area contributed by atoms with Crippen LogP contribution in [0.5, 0.6) is 0 Å². The summed E-state index contributed by atoms with van der Waals surface area (Å²) in [5.41, 5.74) is 6.36. The van der Waals surface area contributed by atoms with E-state index in [0.717, 1.165) is 43.2 Å². The zero-order valence-electron chi connectivity index (χ0n) is 10.7. The van der Waals surface area contributed by atoms with E-state index < -0.39 is 0 Å². The highest BCUT2D eigenvalue weighted by Crippen LogP contribution is 2.57. The van der Waals surface area contributed by atoms with Crippen molar-refractivity contribution in [2.75, 3.05) is 19.7 Å². The molecule has 0 radical (unpaired) electrons. The van der Waals surface area contributed by atoms with Crippen molar-refractivity contribution < 1.29 is 5.11 Å². The molecule has 4 N–H and O–H groups in total. The van der Waals surface area contributed by atoms with Crippen LogP contribution in [0, 0.1) is 23.7 Å². The molecule has 4 aliphatic carbocycles. The van der Waals surface area contributed by atoms with Crippen LogP contribution in [0.1, 0.15) is 38.5 Å². The van der Waals surface area contributed by atoms with Gasteiger partial charge in [0.05, 0.1) is 0 Å². The van der Waals surface area contributed by atoms with Gasteiger partial charge >= 0.3 is 0 Å². The molecule has 3 heteroatoms. The first-order valence-electron chi connectivity index (χ1n) is 7.34. The Kier molecular flexibility index (Phi) is 3.18. The summed E-state index contributed by atoms with van der Waals surface area (Å²) in [6.45, 7) is 2.00. The van der Waals surface area contributed by atoms with Crippen LogP contribution < -0.4 is 11.1 Å². The third kappa shape index (κ3) is 1.83. The quantitative estimate of drug-likeness (QED) is 0.629. The lowest BCUT2D eigenvalue weighted by Gasteiger charge is -2.61. The molecule has 4 rings (SSSR count). The van der Waals surface area contributed by atoms with Gasteiger partial charge in [0.2, 0.25) is 0 Å². The van der Waals surface area contributed by atoms with Gasteiger partial charge in [0.25, 0.3) is 0 Å². The SMILES string of the molecule is NCC1(NCCCO)C2CC3CC(C2)CC1C3. The smallest absolute Gasteiger partial charge is 0.0443 e. The summed E-state index contributed by atoms with van der Waals surface area (Å²) in [6.07, 6.45) is 7.94. The summed E-state index contributed by atoms with van der Waals surface area (Å²) in [6, 6.07) is 0. The van der Waals surface area contributed by atoms with E-state index in [4.69, 9.17) is 10.8 Å². The molecule has 0 spiro atoms. The van der Waals surface area contributed by atoms with Gasteiger partial charge in [-0.1, -0.05) is 0 Å². The molecule has 0 heterocycles. The number of nitrogens with one attached hydrogen (secondary N) is 1. The Morgan fingerprint density at radius 3 is 2.12 bits per heavy atom. The van der Waals surface area contributed by atoms with Gasteiger partial charge < -0.3 is 16.2 Å². The highest BCUT2D eigenvalue weighted by molar-refractivity contribution is 5.11. The van der Waals surface area contributed by atoms with E-state index in [9.17, 15) is 0 Å². The van der Waals surface area contributed by atoms with Crippen molar-refractivity contribution in [2.24, 2.45) is 29.4 Å². The Labute approximate surface area is 104 Å². The van der Waals surface area contributed by atoms with Crippen molar-refractivity contribution in [1.82, 2.24) is 5.32 Å². The van der Waals surface area contributed by atoms with Crippen molar-refractivity contribution in [1.29, 1.82) is 0 Å². The van der Waals surface area contributed by atoms with Crippen LogP contribution in [0.4, 0.5) is 0 Å². The predicted molar refractivity (Wildman–Crippen MR) is 68.5 cm³/mol. The van der Waals surface area contributed by atoms with Gasteiger partial charge in [-0.05, 0) is 68.7 Å². The Balaban J connectivity index is 1.74. The maximum Gasteiger partial charge on any atom is 0.0443 e. The normalized spacial score (nSPS) is 47.6. The summed E-state index contributed by atoms with van der Waals surface area (Å²) < 4.78 is 0. The number of hydrogen-bond donors (Lipinski definition) is 3. The Hall–Kier alpha value is -0.120. The molecule has 4 aliphatic rings. The second kappa shape index (κ2) is 4.52. The van der Waals surface area contributed by atoms with Crippen LogP contribution in [-0.4, -0.2) is 30.3 Å². The van der Waals surface area contributed by atoms with Crippen LogP contribution >= 0.6 is 0 Å². The van der Waals surface area contributed by atoms with Crippen molar-refractivity contribution in [3.05, 3.63) is 0 Å². The molecule has 4 fully saturated rings. The number of aliphatic hydroxyl groups excluding tert-OH is 1. The van der Waals surface area contributed by atoms with E-state index in [1.165, 1.54) is 32.1 Å². The molecule has 0 aliphatic heterocycles. The fraction of sp³-hybridized carbons (Fsp3) is 1.00. The molecule has 0 saturated heterocycles. The van der Waals surface area contributed by atoms with E-state index in [1.54, 1.807) is 0 Å². The van der Waals surface area contributed by atoms with Crippen LogP contribution in [0.2, 0.25) is 0 Å². The third-order valence-corrected chi connectivity index (χ3v) is 5.72. The molecule has 0 aromatic rings. The summed E-state index contributed by atoms with van der Waals surface area (Å²) in [4.78, 5) is 0. The van der Waals surface area contributed by atoms with E-state index >= 15 is 0 Å². The van der Waals surface area contributed by atoms with Gasteiger partial charge in [0, 0.05) is 18.7 Å². The molecule has 4 bridgehead atoms. The van der Waals surface area contributed by atoms with Gasteiger partial charge in [-0.25, -0.2) is 0 Å². The maximum atomic E-state index is 8.93. The minimum atomic E-state index is 0.211. The minimum Gasteiger partial charge on any atom is -0.396 e. The van der Waals surface area contributed by atoms with Gasteiger partial charge in [0.1, 0.15) is 0 Å². The van der Waals surface area contributed by atoms with E-state index in [-0.39, 0.29) is 12.1 Å². The maximum absolute atomic E-state index is 8.93. The summed E-state index contributed by atoms with van der Waals surface area (Å²) in [5, 5.41) is 12.7. The summed E-state index contributed by atoms with van der Waals surface area (Å²) in [5.74, 6) is 3.61. The average molecular weight is 238 g/mol. The van der Waals surface area contributed by atoms with Gasteiger partial charge in [-0.3, -0.25) is 0 Å². The minimum absolute atomic E-state index is 0.211. The Bertz CT molecular complexity index is 251. The predicted octanol–water partition coefficient (Wildman–Crippen LogP) is 1.11. The number of nitrogens with two attached hydrogens (primary N) is 1. The Morgan fingerprint density at radius 2 is 1.65 bits per heavy atom. The molecule has 0 aromatic carbocycles. The highest BCUT2D eigenvalue weighted by Gasteiger charge is 2.56. The lowest BCUT2D eigenvalue weighted by Crippen LogP contribution is -2.68. The summed E-state index contributed by atoms with van der Waals surface area (Å²) in [7, 11) is 0. The van der Waals surface area contributed by atoms with Gasteiger partial charge in [-0.15, -0.1) is 0 Å². The molecule has 0 atom stereocenters. The van der Waals surface area contributed by atoms with Crippen LogP contribution in [0.25, 0.3) is 0 Å². The first-order valence-corrected chi connectivity index (χ1v) is 7.34. The second-order valence-corrected chi connectivity index (χ2v) is 6.55. The van der Waals surface area contributed by atoms with E-state index in [1.807, 2.05) is 0 Å². The first-order chi connectivity index (χ1) is 8.28. The van der Waals surface area contributed by atoms with Crippen LogP contribution in [0.3, 0.4) is 0 Å². The van der Waals surface area contributed by atoms with Crippen molar-refractivity contribution >= 4 is 0 Å². The molecule has 17 heavy (non-hydrogen) atoms. The van der Waals surface area contributed by atoms with Crippen LogP contribution in [0.15, 0.2) is 0 Å². The topological polar surface area (TPSA) is 58.3 Å². The van der Waals surface area contributed by atoms with Crippen LogP contribution in [-0.2, 0) is 0 Å². The molecular formula is C14H26N2O. The largest absolute Gasteiger partial charge is 0.396 e. The number of rotatable bonds is 5. The highest BCUT2D eigenvalue weighted by atomic mass is 16.3. The van der Waals surface area contributed by atoms with Crippen molar-refractivity contribution in [2.45, 2.75) is 44.1 Å². The molecule has 0 amide bonds. The molecule has 0 unspecified atom stereocenters. The Morgan fingerprint density at radius 1 is 1.06 bits per heavy atom. The standard InChI is InChI=1S/C14H26N2O/c15-9-14(16-2-1-3-17)12-5-10-4-11(7-12)8-13(14)6-10/h10-13,16-17H,1-9,15H2. The number of hydrogen-bond acceptors (Lipinski definition) is 3. The molecule has 0 aromatic heterocycles. The average Bonchev–Trinajstić information content (AvgIpc) is 2.32. The fourth-order valence-electron chi connectivity index (χ4n) is 5.12. The third-order valence-electron chi connectivity index (χ3n) is 5.72. The monoisotopic (exact) mass is 238 g/mol. The van der Waals surface area contributed by atoms with Crippen molar-refractivity contribution in [3.8, 4) is 0 Å². The lowest BCUT2D eigenvalue weighted by molar-refractivity contribution is -0.0693. The van der Waals surface area contributed by atoms with E-state index in [0.29, 0.717) is 0 Å². The van der Waals surface area contributed by atoms with Gasteiger partial charge in [-0.2, -0.15) is 0 Å². The molecule has 98 valence electrons. The molecule has 3 nitrogen and oxygen atoms in total. The summed E-state index contributed by atoms with van der Waals surface area (Å²) >= 11 is 0. The zero-order valence-corrected chi connectivity index (χ0v) is 10.7. The first kappa shape index (κ1) is 11.9. The number of aliphatic hydroxyl groups is 1. The second-order valence-electron chi connectivity index (χ2n) is 6.55. The van der Waals surface area contributed by atoms with E-state index in [2.05, 4.69) is 5.32 Å². The molecule has 4 saturated carbocycles. The lowest BCUT2D eigenvalue weighted by atomic mass is 9.48. The fourth-order valence-corrected chi connectivity index (χ4v) is 5.12. The van der Waals surface area contributed by atoms with Crippen molar-refractivity contribution in [3.63, 3.8) is 0 Å². The molecular weight excluding hydrogens is 212 g/mol. The zero-order chi connectivity index (χ0) is 11.9.